The Morgan fingerprint density at radius 3 is 2.00 bits per heavy atom. The van der Waals surface area contributed by atoms with Crippen LogP contribution in [0.1, 0.15) is 0 Å². The van der Waals surface area contributed by atoms with E-state index >= 15 is 0 Å². The molecule has 1 aromatic heterocycles. The van der Waals surface area contributed by atoms with E-state index in [0.717, 1.165) is 33.1 Å². The van der Waals surface area contributed by atoms with Crippen LogP contribution >= 0.6 is 0 Å². The van der Waals surface area contributed by atoms with E-state index in [1.807, 2.05) is 12.1 Å². The molecular formula is C32H20O. The summed E-state index contributed by atoms with van der Waals surface area (Å²) in [6, 6.07) is 43.2. The molecule has 154 valence electrons. The van der Waals surface area contributed by atoms with Gasteiger partial charge >= 0.3 is 0 Å². The molecule has 0 saturated heterocycles. The fourth-order valence-electron chi connectivity index (χ4n) is 5.02. The number of hydrogen-bond acceptors (Lipinski definition) is 1. The van der Waals surface area contributed by atoms with E-state index in [2.05, 4.69) is 109 Å². The molecule has 0 aliphatic heterocycles. The molecule has 1 heteroatoms. The second kappa shape index (κ2) is 7.08. The molecule has 1 heterocycles. The van der Waals surface area contributed by atoms with E-state index in [1.54, 1.807) is 0 Å². The van der Waals surface area contributed by atoms with Crippen molar-refractivity contribution in [3.05, 3.63) is 121 Å². The number of furan rings is 1. The molecular weight excluding hydrogens is 400 g/mol. The third kappa shape index (κ3) is 2.86. The summed E-state index contributed by atoms with van der Waals surface area (Å²) in [5.74, 6) is 0. The molecule has 6 aromatic carbocycles. The summed E-state index contributed by atoms with van der Waals surface area (Å²) >= 11 is 0. The van der Waals surface area contributed by atoms with Gasteiger partial charge in [0.15, 0.2) is 0 Å². The minimum Gasteiger partial charge on any atom is -0.455 e. The Hall–Kier alpha value is -4.36. The largest absolute Gasteiger partial charge is 0.455 e. The molecule has 0 radical (unpaired) electrons. The van der Waals surface area contributed by atoms with Crippen molar-refractivity contribution in [2.75, 3.05) is 0 Å². The molecule has 33 heavy (non-hydrogen) atoms. The summed E-state index contributed by atoms with van der Waals surface area (Å²) in [5.41, 5.74) is 6.58. The van der Waals surface area contributed by atoms with Gasteiger partial charge in [0.25, 0.3) is 0 Å². The van der Waals surface area contributed by atoms with Crippen molar-refractivity contribution in [2.24, 2.45) is 0 Å². The van der Waals surface area contributed by atoms with Crippen LogP contribution < -0.4 is 0 Å². The van der Waals surface area contributed by atoms with Crippen molar-refractivity contribution >= 4 is 43.5 Å². The van der Waals surface area contributed by atoms with Crippen molar-refractivity contribution in [3.63, 3.8) is 0 Å². The van der Waals surface area contributed by atoms with Crippen LogP contribution in [0.15, 0.2) is 126 Å². The minimum absolute atomic E-state index is 0.928. The van der Waals surface area contributed by atoms with E-state index in [4.69, 9.17) is 4.42 Å². The third-order valence-electron chi connectivity index (χ3n) is 6.66. The smallest absolute Gasteiger partial charge is 0.143 e. The maximum atomic E-state index is 6.29. The Balaban J connectivity index is 1.41. The van der Waals surface area contributed by atoms with Crippen LogP contribution in [-0.2, 0) is 0 Å². The molecule has 0 aliphatic rings. The van der Waals surface area contributed by atoms with Crippen LogP contribution in [0.2, 0.25) is 0 Å². The van der Waals surface area contributed by atoms with Gasteiger partial charge in [-0.15, -0.1) is 0 Å². The van der Waals surface area contributed by atoms with Crippen molar-refractivity contribution in [2.45, 2.75) is 0 Å². The van der Waals surface area contributed by atoms with Gasteiger partial charge in [-0.3, -0.25) is 0 Å². The highest BCUT2D eigenvalue weighted by atomic mass is 16.3. The van der Waals surface area contributed by atoms with Gasteiger partial charge in [-0.25, -0.2) is 0 Å². The number of benzene rings is 6. The number of fused-ring (bicyclic) bond motifs is 6. The van der Waals surface area contributed by atoms with Crippen molar-refractivity contribution < 1.29 is 4.42 Å². The number of para-hydroxylation sites is 2. The van der Waals surface area contributed by atoms with Crippen molar-refractivity contribution in [3.8, 4) is 22.3 Å². The fraction of sp³-hybridized carbons (Fsp3) is 0. The van der Waals surface area contributed by atoms with E-state index in [-0.39, 0.29) is 0 Å². The van der Waals surface area contributed by atoms with E-state index in [0.29, 0.717) is 0 Å². The van der Waals surface area contributed by atoms with Gasteiger partial charge < -0.3 is 4.42 Å². The first-order valence-corrected chi connectivity index (χ1v) is 11.3. The first-order valence-electron chi connectivity index (χ1n) is 11.3. The SMILES string of the molecule is c1cc(-c2ccc3ccc4ccccc4c3c2)cc(-c2cccc3c2oc2ccccc23)c1. The molecule has 0 fully saturated rings. The van der Waals surface area contributed by atoms with Gasteiger partial charge in [0.05, 0.1) is 0 Å². The van der Waals surface area contributed by atoms with Crippen LogP contribution in [0.4, 0.5) is 0 Å². The summed E-state index contributed by atoms with van der Waals surface area (Å²) in [6.07, 6.45) is 0. The zero-order chi connectivity index (χ0) is 21.8. The van der Waals surface area contributed by atoms with Gasteiger partial charge in [0, 0.05) is 16.3 Å². The lowest BCUT2D eigenvalue weighted by atomic mass is 9.95. The van der Waals surface area contributed by atoms with Gasteiger partial charge in [-0.2, -0.15) is 0 Å². The Morgan fingerprint density at radius 1 is 0.394 bits per heavy atom. The first kappa shape index (κ1) is 18.2. The standard InChI is InChI=1S/C32H20O/c1-2-10-26-21(7-1)15-16-22-17-18-24(20-30(22)26)23-8-5-9-25(19-23)27-12-6-13-29-28-11-3-4-14-31(28)33-32(27)29/h1-20H. The van der Waals surface area contributed by atoms with Crippen LogP contribution in [-0.4, -0.2) is 0 Å². The molecule has 1 nitrogen and oxygen atoms in total. The van der Waals surface area contributed by atoms with Gasteiger partial charge in [-0.05, 0) is 56.4 Å². The molecule has 0 saturated carbocycles. The monoisotopic (exact) mass is 420 g/mol. The Labute approximate surface area is 191 Å². The summed E-state index contributed by atoms with van der Waals surface area (Å²) in [5, 5.41) is 7.43. The maximum Gasteiger partial charge on any atom is 0.143 e. The first-order chi connectivity index (χ1) is 16.3. The second-order valence-corrected chi connectivity index (χ2v) is 8.58. The molecule has 7 rings (SSSR count). The summed E-state index contributed by atoms with van der Waals surface area (Å²) in [4.78, 5) is 0. The molecule has 7 aromatic rings. The molecule has 0 unspecified atom stereocenters. The predicted molar refractivity (Wildman–Crippen MR) is 140 cm³/mol. The Kier molecular flexibility index (Phi) is 3.91. The lowest BCUT2D eigenvalue weighted by molar-refractivity contribution is 0.670. The van der Waals surface area contributed by atoms with Gasteiger partial charge in [0.1, 0.15) is 11.2 Å². The highest BCUT2D eigenvalue weighted by Gasteiger charge is 2.12. The number of hydrogen-bond donors (Lipinski definition) is 0. The average molecular weight is 421 g/mol. The summed E-state index contributed by atoms with van der Waals surface area (Å²) < 4.78 is 6.29. The molecule has 0 amide bonds. The third-order valence-corrected chi connectivity index (χ3v) is 6.66. The lowest BCUT2D eigenvalue weighted by Crippen LogP contribution is -1.84. The zero-order valence-electron chi connectivity index (χ0n) is 18.0. The second-order valence-electron chi connectivity index (χ2n) is 8.58. The maximum absolute atomic E-state index is 6.29. The molecule has 0 spiro atoms. The van der Waals surface area contributed by atoms with Crippen LogP contribution in [0.3, 0.4) is 0 Å². The predicted octanol–water partition coefficient (Wildman–Crippen LogP) is 9.23. The topological polar surface area (TPSA) is 13.1 Å². The molecule has 0 aliphatic carbocycles. The van der Waals surface area contributed by atoms with Crippen molar-refractivity contribution in [1.82, 2.24) is 0 Å². The summed E-state index contributed by atoms with van der Waals surface area (Å²) in [6.45, 7) is 0. The highest BCUT2D eigenvalue weighted by molar-refractivity contribution is 6.10. The molecule has 0 bridgehead atoms. The minimum atomic E-state index is 0.928. The van der Waals surface area contributed by atoms with Crippen LogP contribution in [0, 0.1) is 0 Å². The Morgan fingerprint density at radius 2 is 1.06 bits per heavy atom. The molecule has 0 N–H and O–H groups in total. The normalized spacial score (nSPS) is 11.6. The summed E-state index contributed by atoms with van der Waals surface area (Å²) in [7, 11) is 0. The van der Waals surface area contributed by atoms with E-state index in [1.165, 1.54) is 32.7 Å². The van der Waals surface area contributed by atoms with E-state index in [9.17, 15) is 0 Å². The highest BCUT2D eigenvalue weighted by Crippen LogP contribution is 2.37. The lowest BCUT2D eigenvalue weighted by Gasteiger charge is -2.09. The Bertz CT molecular complexity index is 1820. The van der Waals surface area contributed by atoms with Gasteiger partial charge in [-0.1, -0.05) is 103 Å². The average Bonchev–Trinajstić information content (AvgIpc) is 3.27. The van der Waals surface area contributed by atoms with Crippen molar-refractivity contribution in [1.29, 1.82) is 0 Å². The molecule has 0 atom stereocenters. The van der Waals surface area contributed by atoms with Crippen LogP contribution in [0.5, 0.6) is 0 Å². The van der Waals surface area contributed by atoms with Gasteiger partial charge in [0.2, 0.25) is 0 Å². The zero-order valence-corrected chi connectivity index (χ0v) is 18.0. The number of rotatable bonds is 2. The quantitative estimate of drug-likeness (QED) is 0.254. The van der Waals surface area contributed by atoms with Crippen LogP contribution in [0.25, 0.3) is 65.7 Å². The fourth-order valence-corrected chi connectivity index (χ4v) is 5.02. The van der Waals surface area contributed by atoms with E-state index < -0.39 is 0 Å².